The number of unbranched alkanes of at least 4 members (excludes halogenated alkanes) is 26. The summed E-state index contributed by atoms with van der Waals surface area (Å²) in [6.45, 7) is 4.56. The van der Waals surface area contributed by atoms with Crippen molar-refractivity contribution in [2.24, 2.45) is 0 Å². The van der Waals surface area contributed by atoms with Crippen LogP contribution in [0.4, 0.5) is 0 Å². The number of allylic oxidation sites excluding steroid dienone is 2. The molecule has 0 radical (unpaired) electrons. The molecule has 0 bridgehead atoms. The number of carboxylic acid groups (broad SMARTS) is 1. The van der Waals surface area contributed by atoms with Crippen LogP contribution >= 0.6 is 0 Å². The molecule has 228 valence electrons. The first kappa shape index (κ1) is 41.3. The maximum atomic E-state index is 10.3. The Morgan fingerprint density at radius 2 is 0.744 bits per heavy atom. The molecule has 0 saturated heterocycles. The van der Waals surface area contributed by atoms with Crippen LogP contribution in [0.2, 0.25) is 3.67 Å². The summed E-state index contributed by atoms with van der Waals surface area (Å²) in [7, 11) is 0. The summed E-state index contributed by atoms with van der Waals surface area (Å²) >= 11 is 1.41. The van der Waals surface area contributed by atoms with Gasteiger partial charge in [-0.1, -0.05) is 109 Å². The van der Waals surface area contributed by atoms with Crippen molar-refractivity contribution in [3.63, 3.8) is 0 Å². The van der Waals surface area contributed by atoms with Crippen LogP contribution in [-0.2, 0) is 4.79 Å². The summed E-state index contributed by atoms with van der Waals surface area (Å²) in [5, 5.41) is 8.51. The zero-order valence-corrected chi connectivity index (χ0v) is 29.4. The number of rotatable bonds is 31. The van der Waals surface area contributed by atoms with E-state index in [-0.39, 0.29) is 0 Å². The van der Waals surface area contributed by atoms with E-state index in [1.165, 1.54) is 205 Å². The second-order valence-corrected chi connectivity index (χ2v) is 13.0. The molecule has 0 spiro atoms. The van der Waals surface area contributed by atoms with E-state index in [1.54, 1.807) is 0 Å². The van der Waals surface area contributed by atoms with E-state index in [9.17, 15) is 4.79 Å². The van der Waals surface area contributed by atoms with Gasteiger partial charge in [0.1, 0.15) is 0 Å². The minimum atomic E-state index is -0.664. The molecular weight excluding hydrogens is 487 g/mol. The molecule has 0 saturated carbocycles. The molecule has 0 aliphatic heterocycles. The second-order valence-electron chi connectivity index (χ2n) is 12.0. The van der Waals surface area contributed by atoms with Crippen LogP contribution < -0.4 is 0 Å². The van der Waals surface area contributed by atoms with E-state index < -0.39 is 5.97 Å². The number of carbonyl (C=O) groups is 1. The van der Waals surface area contributed by atoms with Crippen molar-refractivity contribution in [2.75, 3.05) is 0 Å². The van der Waals surface area contributed by atoms with Crippen molar-refractivity contribution >= 4 is 33.9 Å². The molecule has 0 fully saturated rings. The van der Waals surface area contributed by atoms with Crippen molar-refractivity contribution in [3.05, 3.63) is 12.2 Å². The normalized spacial score (nSPS) is 11.2. The molecule has 2 nitrogen and oxygen atoms in total. The zero-order valence-electron chi connectivity index (χ0n) is 27.4. The van der Waals surface area contributed by atoms with Gasteiger partial charge in [0.05, 0.1) is 0 Å². The van der Waals surface area contributed by atoms with Gasteiger partial charge in [-0.25, -0.2) is 0 Å². The molecule has 1 N–H and O–H groups in total. The van der Waals surface area contributed by atoms with Gasteiger partial charge in [-0.05, 0) is 32.1 Å². The molecule has 0 aromatic rings. The van der Waals surface area contributed by atoms with Crippen molar-refractivity contribution < 1.29 is 9.90 Å². The summed E-state index contributed by atoms with van der Waals surface area (Å²) in [4.78, 5) is 10.3. The molecule has 0 aromatic carbocycles. The van der Waals surface area contributed by atoms with Crippen LogP contribution in [0.1, 0.15) is 206 Å². The quantitative estimate of drug-likeness (QED) is 0.0522. The first-order valence-corrected chi connectivity index (χ1v) is 19.5. The van der Waals surface area contributed by atoms with Crippen LogP contribution in [0, 0.1) is 0 Å². The predicted octanol–water partition coefficient (Wildman–Crippen LogP) is 12.9. The fraction of sp³-hybridized carbons (Fsp3) is 0.917. The van der Waals surface area contributed by atoms with E-state index in [4.69, 9.17) is 5.11 Å². The average molecular weight is 559 g/mol. The summed E-state index contributed by atoms with van der Waals surface area (Å²) in [6, 6.07) is 0. The van der Waals surface area contributed by atoms with E-state index >= 15 is 0 Å². The van der Waals surface area contributed by atoms with Crippen LogP contribution in [-0.4, -0.2) is 39.0 Å². The van der Waals surface area contributed by atoms with Gasteiger partial charge in [0, 0.05) is 6.42 Å². The number of carboxylic acids is 1. The van der Waals surface area contributed by atoms with Gasteiger partial charge < -0.3 is 5.11 Å². The van der Waals surface area contributed by atoms with Crippen LogP contribution in [0.5, 0.6) is 0 Å². The van der Waals surface area contributed by atoms with Crippen LogP contribution in [0.15, 0.2) is 12.2 Å². The number of hydrogen-bond acceptors (Lipinski definition) is 1. The van der Waals surface area contributed by atoms with Gasteiger partial charge >= 0.3 is 108 Å². The molecule has 0 aromatic heterocycles. The molecule has 0 atom stereocenters. The molecule has 0 unspecified atom stereocenters. The Kier molecular flexibility index (Phi) is 42.8. The molecule has 39 heavy (non-hydrogen) atoms. The van der Waals surface area contributed by atoms with E-state index in [0.29, 0.717) is 6.42 Å². The summed E-state index contributed by atoms with van der Waals surface area (Å²) in [6.07, 6.45) is 45.0. The van der Waals surface area contributed by atoms with Gasteiger partial charge in [0.15, 0.2) is 0 Å². The first-order chi connectivity index (χ1) is 19.2. The fourth-order valence-corrected chi connectivity index (χ4v) is 5.65. The maximum absolute atomic E-state index is 10.3. The van der Waals surface area contributed by atoms with Crippen molar-refractivity contribution in [1.82, 2.24) is 0 Å². The van der Waals surface area contributed by atoms with Crippen molar-refractivity contribution in [3.8, 4) is 0 Å². The molecule has 0 rings (SSSR count). The molecule has 0 heterocycles. The molecule has 0 aliphatic carbocycles. The van der Waals surface area contributed by atoms with E-state index in [1.807, 2.05) is 0 Å². The summed E-state index contributed by atoms with van der Waals surface area (Å²) in [5.41, 5.74) is 0. The predicted molar refractivity (Wildman–Crippen MR) is 177 cm³/mol. The van der Waals surface area contributed by atoms with Crippen molar-refractivity contribution in [2.45, 2.75) is 210 Å². The van der Waals surface area contributed by atoms with E-state index in [2.05, 4.69) is 26.0 Å². The first-order valence-electron chi connectivity index (χ1n) is 18.1. The molecule has 0 aliphatic rings. The Morgan fingerprint density at radius 3 is 1.05 bits per heavy atom. The molecule has 0 amide bonds. The number of hydrogen-bond donors (Lipinski definition) is 1. The summed E-state index contributed by atoms with van der Waals surface area (Å²) < 4.78 is 1.51. The van der Waals surface area contributed by atoms with Crippen molar-refractivity contribution in [1.29, 1.82) is 0 Å². The van der Waals surface area contributed by atoms with Crippen LogP contribution in [0.25, 0.3) is 0 Å². The average Bonchev–Trinajstić information content (AvgIpc) is 2.93. The SMILES string of the molecule is CCCCCCCC/C=C\CCCCCCCC(=O)O.CCCCCCCCCCCCCCCCC[CH2][Na]. The van der Waals surface area contributed by atoms with Gasteiger partial charge in [-0.15, -0.1) is 0 Å². The minimum absolute atomic E-state index is 0.332. The number of aliphatic carboxylic acids is 1. The second kappa shape index (κ2) is 40.3. The monoisotopic (exact) mass is 559 g/mol. The Morgan fingerprint density at radius 1 is 0.462 bits per heavy atom. The zero-order chi connectivity index (χ0) is 28.9. The Labute approximate surface area is 264 Å². The molecular formula is C36H71NaO2. The van der Waals surface area contributed by atoms with Gasteiger partial charge in [0.25, 0.3) is 0 Å². The van der Waals surface area contributed by atoms with E-state index in [0.717, 1.165) is 12.8 Å². The fourth-order valence-electron chi connectivity index (χ4n) is 5.15. The Balaban J connectivity index is 0. The topological polar surface area (TPSA) is 37.3 Å². The summed E-state index contributed by atoms with van der Waals surface area (Å²) in [5.74, 6) is -0.664. The van der Waals surface area contributed by atoms with Gasteiger partial charge in [0.2, 0.25) is 0 Å². The third-order valence-corrected chi connectivity index (χ3v) is 8.57. The molecule has 3 heteroatoms. The Bertz CT molecular complexity index is 447. The van der Waals surface area contributed by atoms with Gasteiger partial charge in [-0.3, -0.25) is 4.79 Å². The third kappa shape index (κ3) is 45.4. The Hall–Kier alpha value is 0.210. The van der Waals surface area contributed by atoms with Crippen LogP contribution in [0.3, 0.4) is 0 Å². The standard InChI is InChI=1S/C18H34O2.C18H37.Na/c1-2-3-4-5-6-7-8-9-10-11-12-13-14-15-16-17-18(19)20;1-3-5-7-9-11-13-15-17-18-16-14-12-10-8-6-4-2;/h9-10H,2-8,11-17H2,1H3,(H,19,20);1,3-18H2,2H3;/b10-9-;;. The third-order valence-electron chi connectivity index (χ3n) is 7.86. The van der Waals surface area contributed by atoms with Gasteiger partial charge in [-0.2, -0.15) is 0 Å².